The fourth-order valence-corrected chi connectivity index (χ4v) is 1.78. The Morgan fingerprint density at radius 1 is 1.20 bits per heavy atom. The summed E-state index contributed by atoms with van der Waals surface area (Å²) in [6.07, 6.45) is 3.69. The Morgan fingerprint density at radius 2 is 2.07 bits per heavy atom. The van der Waals surface area contributed by atoms with Crippen LogP contribution in [0.15, 0.2) is 0 Å². The molecule has 0 radical (unpaired) electrons. The minimum atomic E-state index is 0.126. The molecule has 1 unspecified atom stereocenters. The third kappa shape index (κ3) is 4.18. The molecule has 0 aromatic heterocycles. The molecule has 4 nitrogen and oxygen atoms in total. The molecule has 86 valence electrons. The predicted molar refractivity (Wildman–Crippen MR) is 57.5 cm³/mol. The van der Waals surface area contributed by atoms with Crippen molar-refractivity contribution in [2.75, 3.05) is 32.8 Å². The van der Waals surface area contributed by atoms with Crippen LogP contribution in [0.2, 0.25) is 0 Å². The van der Waals surface area contributed by atoms with E-state index in [0.717, 1.165) is 38.6 Å². The lowest BCUT2D eigenvalue weighted by Crippen LogP contribution is -2.36. The summed E-state index contributed by atoms with van der Waals surface area (Å²) in [7, 11) is 0. The molecule has 1 heterocycles. The zero-order valence-corrected chi connectivity index (χ0v) is 9.13. The summed E-state index contributed by atoms with van der Waals surface area (Å²) >= 11 is 0. The molecule has 1 atom stereocenters. The molecular weight excluding hydrogens is 192 g/mol. The highest BCUT2D eigenvalue weighted by Crippen LogP contribution is 2.27. The Labute approximate surface area is 90.8 Å². The molecule has 0 aromatic carbocycles. The molecule has 0 bridgehead atoms. The maximum Gasteiger partial charge on any atom is 0.233 e. The number of hydrogen-bond acceptors (Lipinski definition) is 3. The van der Waals surface area contributed by atoms with E-state index in [0.29, 0.717) is 12.5 Å². The molecule has 2 aliphatic rings. The highest BCUT2D eigenvalue weighted by atomic mass is 16.5. The molecule has 2 N–H and O–H groups in total. The highest BCUT2D eigenvalue weighted by Gasteiger charge is 2.21. The van der Waals surface area contributed by atoms with Gasteiger partial charge in [0.05, 0.1) is 13.2 Å². The molecule has 2 rings (SSSR count). The van der Waals surface area contributed by atoms with Crippen molar-refractivity contribution >= 4 is 5.91 Å². The van der Waals surface area contributed by atoms with E-state index in [2.05, 4.69) is 10.6 Å². The molecule has 1 aliphatic carbocycles. The Morgan fingerprint density at radius 3 is 2.73 bits per heavy atom. The zero-order chi connectivity index (χ0) is 10.5. The second-order valence-electron chi connectivity index (χ2n) is 4.61. The van der Waals surface area contributed by atoms with E-state index < -0.39 is 0 Å². The van der Waals surface area contributed by atoms with Crippen molar-refractivity contribution in [3.05, 3.63) is 0 Å². The van der Waals surface area contributed by atoms with E-state index in [1.54, 1.807) is 0 Å². The lowest BCUT2D eigenvalue weighted by atomic mass is 10.1. The van der Waals surface area contributed by atoms with Gasteiger partial charge in [0.1, 0.15) is 0 Å². The quantitative estimate of drug-likeness (QED) is 0.658. The van der Waals surface area contributed by atoms with Crippen molar-refractivity contribution in [2.45, 2.75) is 19.3 Å². The Hall–Kier alpha value is -0.610. The minimum Gasteiger partial charge on any atom is -0.381 e. The van der Waals surface area contributed by atoms with Gasteiger partial charge in [0.2, 0.25) is 5.91 Å². The summed E-state index contributed by atoms with van der Waals surface area (Å²) in [6, 6.07) is 0. The lowest BCUT2D eigenvalue weighted by molar-refractivity contribution is -0.120. The van der Waals surface area contributed by atoms with Crippen LogP contribution < -0.4 is 10.6 Å². The number of rotatable bonds is 6. The minimum absolute atomic E-state index is 0.126. The molecule has 1 saturated heterocycles. The van der Waals surface area contributed by atoms with E-state index in [9.17, 15) is 4.79 Å². The second-order valence-corrected chi connectivity index (χ2v) is 4.61. The largest absolute Gasteiger partial charge is 0.381 e. The number of hydrogen-bond donors (Lipinski definition) is 2. The Balaban J connectivity index is 1.46. The SMILES string of the molecule is O=C(CNCC1CCOC1)NCC1CC1. The zero-order valence-electron chi connectivity index (χ0n) is 9.13. The van der Waals surface area contributed by atoms with Gasteiger partial charge in [0, 0.05) is 19.7 Å². The van der Waals surface area contributed by atoms with Crippen molar-refractivity contribution < 1.29 is 9.53 Å². The van der Waals surface area contributed by atoms with Crippen molar-refractivity contribution in [3.63, 3.8) is 0 Å². The number of carbonyl (C=O) groups excluding carboxylic acids is 1. The first-order valence-electron chi connectivity index (χ1n) is 5.90. The Kier molecular flexibility index (Phi) is 3.97. The van der Waals surface area contributed by atoms with Gasteiger partial charge in [-0.1, -0.05) is 0 Å². The topological polar surface area (TPSA) is 50.4 Å². The van der Waals surface area contributed by atoms with Gasteiger partial charge in [-0.05, 0) is 31.1 Å². The number of carbonyl (C=O) groups is 1. The van der Waals surface area contributed by atoms with Gasteiger partial charge in [-0.3, -0.25) is 4.79 Å². The number of ether oxygens (including phenoxy) is 1. The van der Waals surface area contributed by atoms with E-state index in [1.165, 1.54) is 12.8 Å². The van der Waals surface area contributed by atoms with Gasteiger partial charge < -0.3 is 15.4 Å². The number of amides is 1. The van der Waals surface area contributed by atoms with E-state index in [-0.39, 0.29) is 5.91 Å². The maximum absolute atomic E-state index is 11.3. The van der Waals surface area contributed by atoms with Crippen LogP contribution in [0.3, 0.4) is 0 Å². The molecule has 0 spiro atoms. The van der Waals surface area contributed by atoms with E-state index in [4.69, 9.17) is 4.74 Å². The molecule has 4 heteroatoms. The predicted octanol–water partition coefficient (Wildman–Crippen LogP) is 0.139. The first-order chi connectivity index (χ1) is 7.34. The normalized spacial score (nSPS) is 25.5. The third-order valence-corrected chi connectivity index (χ3v) is 3.03. The van der Waals surface area contributed by atoms with Crippen LogP contribution in [-0.2, 0) is 9.53 Å². The van der Waals surface area contributed by atoms with Gasteiger partial charge in [0.15, 0.2) is 0 Å². The van der Waals surface area contributed by atoms with Crippen molar-refractivity contribution in [1.29, 1.82) is 0 Å². The van der Waals surface area contributed by atoms with E-state index >= 15 is 0 Å². The third-order valence-electron chi connectivity index (χ3n) is 3.03. The molecule has 2 fully saturated rings. The summed E-state index contributed by atoms with van der Waals surface area (Å²) in [5.74, 6) is 1.49. The standard InChI is InChI=1S/C11H20N2O2/c14-11(13-6-9-1-2-9)7-12-5-10-3-4-15-8-10/h9-10,12H,1-8H2,(H,13,14). The molecule has 1 aliphatic heterocycles. The summed E-state index contributed by atoms with van der Waals surface area (Å²) < 4.78 is 5.26. The van der Waals surface area contributed by atoms with Crippen LogP contribution in [0.25, 0.3) is 0 Å². The van der Waals surface area contributed by atoms with Gasteiger partial charge in [-0.2, -0.15) is 0 Å². The van der Waals surface area contributed by atoms with Crippen LogP contribution in [0.1, 0.15) is 19.3 Å². The number of nitrogens with one attached hydrogen (secondary N) is 2. The Bertz CT molecular complexity index is 211. The second kappa shape index (κ2) is 5.47. The molecule has 1 amide bonds. The van der Waals surface area contributed by atoms with Gasteiger partial charge in [-0.25, -0.2) is 0 Å². The summed E-state index contributed by atoms with van der Waals surface area (Å²) in [4.78, 5) is 11.3. The van der Waals surface area contributed by atoms with Crippen molar-refractivity contribution in [1.82, 2.24) is 10.6 Å². The van der Waals surface area contributed by atoms with Gasteiger partial charge >= 0.3 is 0 Å². The van der Waals surface area contributed by atoms with Crippen LogP contribution in [-0.4, -0.2) is 38.8 Å². The van der Waals surface area contributed by atoms with Gasteiger partial charge in [-0.15, -0.1) is 0 Å². The molecular formula is C11H20N2O2. The summed E-state index contributed by atoms with van der Waals surface area (Å²) in [5, 5.41) is 6.12. The first kappa shape index (κ1) is 10.9. The highest BCUT2D eigenvalue weighted by molar-refractivity contribution is 5.77. The van der Waals surface area contributed by atoms with Gasteiger partial charge in [0.25, 0.3) is 0 Å². The summed E-state index contributed by atoms with van der Waals surface area (Å²) in [5.41, 5.74) is 0. The average Bonchev–Trinajstić information content (AvgIpc) is 2.92. The molecule has 15 heavy (non-hydrogen) atoms. The summed E-state index contributed by atoms with van der Waals surface area (Å²) in [6.45, 7) is 3.93. The average molecular weight is 212 g/mol. The molecule has 1 saturated carbocycles. The molecule has 0 aromatic rings. The van der Waals surface area contributed by atoms with Crippen molar-refractivity contribution in [2.24, 2.45) is 11.8 Å². The van der Waals surface area contributed by atoms with E-state index in [1.807, 2.05) is 0 Å². The van der Waals surface area contributed by atoms with Crippen LogP contribution in [0.4, 0.5) is 0 Å². The fraction of sp³-hybridized carbons (Fsp3) is 0.909. The first-order valence-corrected chi connectivity index (χ1v) is 5.90. The maximum atomic E-state index is 11.3. The monoisotopic (exact) mass is 212 g/mol. The van der Waals surface area contributed by atoms with Crippen LogP contribution in [0.5, 0.6) is 0 Å². The fourth-order valence-electron chi connectivity index (χ4n) is 1.78. The van der Waals surface area contributed by atoms with Crippen LogP contribution >= 0.6 is 0 Å². The van der Waals surface area contributed by atoms with Crippen molar-refractivity contribution in [3.8, 4) is 0 Å². The lowest BCUT2D eigenvalue weighted by Gasteiger charge is -2.09. The smallest absolute Gasteiger partial charge is 0.233 e. The van der Waals surface area contributed by atoms with Crippen LogP contribution in [0, 0.1) is 11.8 Å².